The fourth-order valence-corrected chi connectivity index (χ4v) is 3.14. The van der Waals surface area contributed by atoms with E-state index in [2.05, 4.69) is 16.4 Å². The average Bonchev–Trinajstić information content (AvgIpc) is 3.29. The van der Waals surface area contributed by atoms with Crippen molar-refractivity contribution in [2.75, 3.05) is 7.11 Å². The molecule has 1 heterocycles. The van der Waals surface area contributed by atoms with Crippen LogP contribution < -0.4 is 9.47 Å². The van der Waals surface area contributed by atoms with E-state index in [0.29, 0.717) is 40.4 Å². The first-order chi connectivity index (χ1) is 15.9. The molecule has 3 aromatic rings. The molecule has 0 saturated heterocycles. The van der Waals surface area contributed by atoms with Gasteiger partial charge in [0, 0.05) is 17.2 Å². The van der Waals surface area contributed by atoms with Crippen LogP contribution in [0.5, 0.6) is 11.5 Å². The van der Waals surface area contributed by atoms with Crippen molar-refractivity contribution in [2.24, 2.45) is 0 Å². The number of rotatable bonds is 9. The molecule has 8 heteroatoms. The SMILES string of the molecule is COc1ccc(/C=C\C(=O)O)c(OCc2cn(-c3cccc(C#N)c3)nn2)c1CC=C(C)C. The van der Waals surface area contributed by atoms with E-state index in [0.717, 1.165) is 17.2 Å². The monoisotopic (exact) mass is 444 g/mol. The lowest BCUT2D eigenvalue weighted by atomic mass is 10.0. The van der Waals surface area contributed by atoms with Crippen LogP contribution in [0.25, 0.3) is 11.8 Å². The van der Waals surface area contributed by atoms with Gasteiger partial charge in [-0.1, -0.05) is 22.9 Å². The fraction of sp³-hybridized carbons (Fsp3) is 0.200. The lowest BCUT2D eigenvalue weighted by molar-refractivity contribution is -0.131. The van der Waals surface area contributed by atoms with Crippen molar-refractivity contribution in [2.45, 2.75) is 26.9 Å². The minimum absolute atomic E-state index is 0.112. The minimum Gasteiger partial charge on any atom is -0.496 e. The number of carbonyl (C=O) groups is 1. The summed E-state index contributed by atoms with van der Waals surface area (Å²) in [7, 11) is 1.58. The molecule has 168 valence electrons. The average molecular weight is 444 g/mol. The molecule has 0 fully saturated rings. The van der Waals surface area contributed by atoms with Crippen LogP contribution in [0.3, 0.4) is 0 Å². The standard InChI is InChI=1S/C25H24N4O4/c1-17(2)7-10-22-23(32-3)11-8-19(9-12-24(30)31)25(22)33-16-20-15-29(28-27-20)21-6-4-5-18(13-21)14-26/h4-9,11-13,15H,10,16H2,1-3H3,(H,30,31)/b12-9-. The number of ether oxygens (including phenoxy) is 2. The predicted molar refractivity (Wildman–Crippen MR) is 123 cm³/mol. The van der Waals surface area contributed by atoms with E-state index in [4.69, 9.17) is 19.8 Å². The van der Waals surface area contributed by atoms with Gasteiger partial charge in [-0.05, 0) is 56.7 Å². The summed E-state index contributed by atoms with van der Waals surface area (Å²) in [5.41, 5.74) is 4.36. The third-order valence-electron chi connectivity index (χ3n) is 4.73. The molecule has 8 nitrogen and oxygen atoms in total. The Labute approximate surface area is 192 Å². The molecule has 1 aromatic heterocycles. The van der Waals surface area contributed by atoms with E-state index in [1.54, 1.807) is 48.3 Å². The van der Waals surface area contributed by atoms with Crippen molar-refractivity contribution in [3.63, 3.8) is 0 Å². The second-order valence-corrected chi connectivity index (χ2v) is 7.43. The van der Waals surface area contributed by atoms with Crippen LogP contribution in [0.15, 0.2) is 60.3 Å². The maximum atomic E-state index is 11.1. The number of carboxylic acids is 1. The van der Waals surface area contributed by atoms with Crippen molar-refractivity contribution in [3.05, 3.63) is 82.7 Å². The summed E-state index contributed by atoms with van der Waals surface area (Å²) in [6.07, 6.45) is 6.89. The molecule has 1 N–H and O–H groups in total. The molecule has 0 aliphatic rings. The Bertz CT molecular complexity index is 1250. The predicted octanol–water partition coefficient (Wildman–Crippen LogP) is 4.33. The summed E-state index contributed by atoms with van der Waals surface area (Å²) in [5, 5.41) is 26.5. The number of allylic oxidation sites excluding steroid dienone is 2. The van der Waals surface area contributed by atoms with E-state index in [1.165, 1.54) is 6.08 Å². The molecule has 0 unspecified atom stereocenters. The van der Waals surface area contributed by atoms with Gasteiger partial charge in [0.05, 0.1) is 30.6 Å². The normalized spacial score (nSPS) is 10.6. The molecule has 0 radical (unpaired) electrons. The molecule has 0 aliphatic heterocycles. The molecule has 3 rings (SSSR count). The highest BCUT2D eigenvalue weighted by Crippen LogP contribution is 2.35. The smallest absolute Gasteiger partial charge is 0.328 e. The molecule has 0 amide bonds. The number of hydrogen-bond acceptors (Lipinski definition) is 6. The van der Waals surface area contributed by atoms with E-state index < -0.39 is 5.97 Å². The van der Waals surface area contributed by atoms with Crippen LogP contribution in [0, 0.1) is 11.3 Å². The van der Waals surface area contributed by atoms with Gasteiger partial charge in [-0.15, -0.1) is 5.10 Å². The van der Waals surface area contributed by atoms with Crippen LogP contribution in [-0.2, 0) is 17.8 Å². The van der Waals surface area contributed by atoms with Gasteiger partial charge in [0.25, 0.3) is 0 Å². The van der Waals surface area contributed by atoms with Crippen molar-refractivity contribution < 1.29 is 19.4 Å². The van der Waals surface area contributed by atoms with Gasteiger partial charge in [-0.3, -0.25) is 0 Å². The largest absolute Gasteiger partial charge is 0.496 e. The third kappa shape index (κ3) is 6.08. The fourth-order valence-electron chi connectivity index (χ4n) is 3.14. The van der Waals surface area contributed by atoms with Gasteiger partial charge in [0.15, 0.2) is 0 Å². The molecule has 0 bridgehead atoms. The molecular formula is C25H24N4O4. The summed E-state index contributed by atoms with van der Waals surface area (Å²) in [4.78, 5) is 11.1. The first-order valence-corrected chi connectivity index (χ1v) is 10.2. The lowest BCUT2D eigenvalue weighted by Crippen LogP contribution is -2.03. The zero-order valence-electron chi connectivity index (χ0n) is 18.6. The quantitative estimate of drug-likeness (QED) is 0.386. The molecule has 2 aromatic carbocycles. The van der Waals surface area contributed by atoms with E-state index in [9.17, 15) is 4.79 Å². The topological polar surface area (TPSA) is 110 Å². The zero-order chi connectivity index (χ0) is 23.8. The molecule has 0 spiro atoms. The number of nitrogens with zero attached hydrogens (tertiary/aromatic N) is 4. The number of carboxylic acid groups (broad SMARTS) is 1. The Hall–Kier alpha value is -4.38. The summed E-state index contributed by atoms with van der Waals surface area (Å²) < 4.78 is 13.2. The summed E-state index contributed by atoms with van der Waals surface area (Å²) in [5.74, 6) is 0.113. The molecule has 0 saturated carbocycles. The van der Waals surface area contributed by atoms with Crippen LogP contribution >= 0.6 is 0 Å². The highest BCUT2D eigenvalue weighted by molar-refractivity contribution is 5.86. The van der Waals surface area contributed by atoms with E-state index in [-0.39, 0.29) is 6.61 Å². The van der Waals surface area contributed by atoms with E-state index >= 15 is 0 Å². The van der Waals surface area contributed by atoms with Gasteiger partial charge in [0.2, 0.25) is 0 Å². The first-order valence-electron chi connectivity index (χ1n) is 10.2. The molecule has 0 aliphatic carbocycles. The zero-order valence-corrected chi connectivity index (χ0v) is 18.6. The minimum atomic E-state index is -1.05. The maximum Gasteiger partial charge on any atom is 0.328 e. The Morgan fingerprint density at radius 2 is 2.09 bits per heavy atom. The maximum absolute atomic E-state index is 11.1. The first kappa shape index (κ1) is 23.3. The second kappa shape index (κ2) is 10.8. The van der Waals surface area contributed by atoms with Gasteiger partial charge in [0.1, 0.15) is 23.8 Å². The number of benzene rings is 2. The number of methoxy groups -OCH3 is 1. The summed E-state index contributed by atoms with van der Waals surface area (Å²) >= 11 is 0. The Morgan fingerprint density at radius 1 is 1.27 bits per heavy atom. The van der Waals surface area contributed by atoms with Crippen molar-refractivity contribution >= 4 is 12.0 Å². The number of aliphatic carboxylic acids is 1. The van der Waals surface area contributed by atoms with Crippen LogP contribution in [0.4, 0.5) is 0 Å². The number of aromatic nitrogens is 3. The van der Waals surface area contributed by atoms with E-state index in [1.807, 2.05) is 26.0 Å². The van der Waals surface area contributed by atoms with Gasteiger partial charge in [-0.25, -0.2) is 9.48 Å². The second-order valence-electron chi connectivity index (χ2n) is 7.43. The third-order valence-corrected chi connectivity index (χ3v) is 4.73. The highest BCUT2D eigenvalue weighted by Gasteiger charge is 2.15. The lowest BCUT2D eigenvalue weighted by Gasteiger charge is -2.16. The van der Waals surface area contributed by atoms with Crippen LogP contribution in [0.1, 0.15) is 36.2 Å². The highest BCUT2D eigenvalue weighted by atomic mass is 16.5. The summed E-state index contributed by atoms with van der Waals surface area (Å²) in [6, 6.07) is 12.7. The number of nitriles is 1. The Morgan fingerprint density at radius 3 is 2.79 bits per heavy atom. The molecule has 0 atom stereocenters. The number of hydrogen-bond donors (Lipinski definition) is 1. The van der Waals surface area contributed by atoms with Crippen molar-refractivity contribution in [1.29, 1.82) is 5.26 Å². The van der Waals surface area contributed by atoms with Crippen LogP contribution in [-0.4, -0.2) is 33.2 Å². The van der Waals surface area contributed by atoms with Gasteiger partial charge in [-0.2, -0.15) is 5.26 Å². The molecular weight excluding hydrogens is 420 g/mol. The van der Waals surface area contributed by atoms with Crippen LogP contribution in [0.2, 0.25) is 0 Å². The Kier molecular flexibility index (Phi) is 7.60. The summed E-state index contributed by atoms with van der Waals surface area (Å²) in [6.45, 7) is 4.11. The van der Waals surface area contributed by atoms with Gasteiger partial charge >= 0.3 is 5.97 Å². The van der Waals surface area contributed by atoms with Crippen molar-refractivity contribution in [3.8, 4) is 23.3 Å². The molecule has 33 heavy (non-hydrogen) atoms. The van der Waals surface area contributed by atoms with Gasteiger partial charge < -0.3 is 14.6 Å². The Balaban J connectivity index is 1.93. The van der Waals surface area contributed by atoms with Crippen molar-refractivity contribution in [1.82, 2.24) is 15.0 Å².